The van der Waals surface area contributed by atoms with Crippen molar-refractivity contribution in [3.05, 3.63) is 64.4 Å². The zero-order chi connectivity index (χ0) is 24.9. The maximum Gasteiger partial charge on any atom is 0.244 e. The number of carbonyl (C=O) groups is 2. The Morgan fingerprint density at radius 1 is 1.09 bits per heavy atom. The normalized spacial score (nSPS) is 12.4. The predicted octanol–water partition coefficient (Wildman–Crippen LogP) is 3.50. The summed E-state index contributed by atoms with van der Waals surface area (Å²) in [4.78, 5) is 27.3. The lowest BCUT2D eigenvalue weighted by molar-refractivity contribution is -0.139. The van der Waals surface area contributed by atoms with Gasteiger partial charge in [0, 0.05) is 17.6 Å². The third-order valence-electron chi connectivity index (χ3n) is 4.99. The highest BCUT2D eigenvalue weighted by molar-refractivity contribution is 7.92. The summed E-state index contributed by atoms with van der Waals surface area (Å²) >= 11 is 6.17. The number of hydrogen-bond donors (Lipinski definition) is 1. The van der Waals surface area contributed by atoms with E-state index in [1.165, 1.54) is 35.2 Å². The van der Waals surface area contributed by atoms with Gasteiger partial charge in [-0.15, -0.1) is 0 Å². The largest absolute Gasteiger partial charge is 0.352 e. The number of anilines is 1. The monoisotopic (exact) mass is 497 g/mol. The number of hydrogen-bond acceptors (Lipinski definition) is 4. The van der Waals surface area contributed by atoms with Crippen molar-refractivity contribution in [3.8, 4) is 0 Å². The molecule has 10 heteroatoms. The molecule has 0 radical (unpaired) electrons. The number of carbonyl (C=O) groups excluding carboxylic acids is 2. The van der Waals surface area contributed by atoms with Crippen molar-refractivity contribution in [2.75, 3.05) is 17.1 Å². The second-order valence-corrected chi connectivity index (χ2v) is 10.5. The van der Waals surface area contributed by atoms with Gasteiger partial charge in [0.2, 0.25) is 21.8 Å². The predicted molar refractivity (Wildman–Crippen MR) is 128 cm³/mol. The Morgan fingerprint density at radius 2 is 1.70 bits per heavy atom. The van der Waals surface area contributed by atoms with Crippen LogP contribution in [-0.4, -0.2) is 50.0 Å². The second kappa shape index (κ2) is 11.0. The van der Waals surface area contributed by atoms with Gasteiger partial charge >= 0.3 is 0 Å². The zero-order valence-electron chi connectivity index (χ0n) is 19.3. The molecule has 0 aliphatic rings. The Bertz CT molecular complexity index is 1110. The molecule has 2 rings (SSSR count). The molecule has 0 aliphatic heterocycles. The quantitative estimate of drug-likeness (QED) is 0.574. The molecule has 33 heavy (non-hydrogen) atoms. The van der Waals surface area contributed by atoms with Crippen molar-refractivity contribution in [2.45, 2.75) is 46.3 Å². The highest BCUT2D eigenvalue weighted by Gasteiger charge is 2.30. The van der Waals surface area contributed by atoms with Crippen LogP contribution in [0.15, 0.2) is 42.5 Å². The van der Waals surface area contributed by atoms with E-state index in [1.54, 1.807) is 39.8 Å². The minimum atomic E-state index is -3.84. The van der Waals surface area contributed by atoms with Gasteiger partial charge in [-0.1, -0.05) is 29.8 Å². The molecule has 0 bridgehead atoms. The van der Waals surface area contributed by atoms with E-state index in [9.17, 15) is 22.4 Å². The van der Waals surface area contributed by atoms with Crippen LogP contribution in [0.3, 0.4) is 0 Å². The van der Waals surface area contributed by atoms with Crippen molar-refractivity contribution in [1.82, 2.24) is 10.2 Å². The number of nitrogens with one attached hydrogen (secondary N) is 1. The summed E-state index contributed by atoms with van der Waals surface area (Å²) in [6, 6.07) is 9.20. The van der Waals surface area contributed by atoms with Crippen LogP contribution in [-0.2, 0) is 26.2 Å². The maximum atomic E-state index is 13.4. The molecule has 2 aromatic carbocycles. The van der Waals surface area contributed by atoms with Crippen molar-refractivity contribution in [3.63, 3.8) is 0 Å². The van der Waals surface area contributed by atoms with Crippen LogP contribution in [0.1, 0.15) is 31.9 Å². The minimum absolute atomic E-state index is 0.00193. The van der Waals surface area contributed by atoms with E-state index in [4.69, 9.17) is 11.6 Å². The van der Waals surface area contributed by atoms with E-state index in [1.807, 2.05) is 0 Å². The Balaban J connectivity index is 2.40. The summed E-state index contributed by atoms with van der Waals surface area (Å²) in [6.07, 6.45) is 0.993. The molecular formula is C23H29ClFN3O4S. The summed E-state index contributed by atoms with van der Waals surface area (Å²) in [6.45, 7) is 6.40. The molecule has 0 unspecified atom stereocenters. The molecule has 0 aliphatic carbocycles. The van der Waals surface area contributed by atoms with Crippen LogP contribution >= 0.6 is 11.6 Å². The van der Waals surface area contributed by atoms with Gasteiger partial charge in [0.25, 0.3) is 0 Å². The Morgan fingerprint density at radius 3 is 2.21 bits per heavy atom. The SMILES string of the molecule is Cc1ccc(N(CC(=O)N(Cc2ccc(F)cc2)[C@@H](C)C(=O)NC(C)C)S(C)(=O)=O)cc1Cl. The summed E-state index contributed by atoms with van der Waals surface area (Å²) in [5, 5.41) is 3.12. The minimum Gasteiger partial charge on any atom is -0.352 e. The Hall–Kier alpha value is -2.65. The summed E-state index contributed by atoms with van der Waals surface area (Å²) < 4.78 is 39.3. The molecule has 1 N–H and O–H groups in total. The van der Waals surface area contributed by atoms with E-state index < -0.39 is 34.3 Å². The van der Waals surface area contributed by atoms with Gasteiger partial charge in [-0.3, -0.25) is 13.9 Å². The summed E-state index contributed by atoms with van der Waals surface area (Å²) in [5.74, 6) is -1.40. The summed E-state index contributed by atoms with van der Waals surface area (Å²) in [7, 11) is -3.84. The van der Waals surface area contributed by atoms with Gasteiger partial charge in [-0.25, -0.2) is 12.8 Å². The number of benzene rings is 2. The molecule has 1 atom stereocenters. The molecule has 0 spiro atoms. The molecule has 0 aromatic heterocycles. The first kappa shape index (κ1) is 26.6. The maximum absolute atomic E-state index is 13.4. The lowest BCUT2D eigenvalue weighted by Crippen LogP contribution is -2.52. The second-order valence-electron chi connectivity index (χ2n) is 8.19. The molecule has 2 aromatic rings. The standard InChI is InChI=1S/C23H29ClFN3O4S/c1-15(2)26-23(30)17(4)27(13-18-7-9-19(25)10-8-18)22(29)14-28(33(5,31)32)20-11-6-16(3)21(24)12-20/h6-12,15,17H,13-14H2,1-5H3,(H,26,30)/t17-/m0/s1. The number of aryl methyl sites for hydroxylation is 1. The van der Waals surface area contributed by atoms with Crippen LogP contribution in [0.2, 0.25) is 5.02 Å². The van der Waals surface area contributed by atoms with Gasteiger partial charge in [0.15, 0.2) is 0 Å². The van der Waals surface area contributed by atoms with Crippen molar-refractivity contribution >= 4 is 39.1 Å². The number of nitrogens with zero attached hydrogens (tertiary/aromatic N) is 2. The average Bonchev–Trinajstić information content (AvgIpc) is 2.71. The van der Waals surface area contributed by atoms with Gasteiger partial charge < -0.3 is 10.2 Å². The number of sulfonamides is 1. The van der Waals surface area contributed by atoms with Crippen molar-refractivity contribution in [1.29, 1.82) is 0 Å². The van der Waals surface area contributed by atoms with Gasteiger partial charge in [-0.05, 0) is 63.1 Å². The van der Waals surface area contributed by atoms with Crippen LogP contribution in [0.5, 0.6) is 0 Å². The topological polar surface area (TPSA) is 86.8 Å². The van der Waals surface area contributed by atoms with E-state index in [0.717, 1.165) is 16.1 Å². The zero-order valence-corrected chi connectivity index (χ0v) is 20.9. The molecule has 180 valence electrons. The first-order valence-electron chi connectivity index (χ1n) is 10.4. The molecule has 7 nitrogen and oxygen atoms in total. The lowest BCUT2D eigenvalue weighted by atomic mass is 10.1. The van der Waals surface area contributed by atoms with Gasteiger partial charge in [0.1, 0.15) is 18.4 Å². The Labute approximate surface area is 199 Å². The molecule has 0 saturated carbocycles. The molecule has 0 heterocycles. The first-order valence-corrected chi connectivity index (χ1v) is 12.6. The van der Waals surface area contributed by atoms with Gasteiger partial charge in [-0.2, -0.15) is 0 Å². The first-order chi connectivity index (χ1) is 15.3. The molecular weight excluding hydrogens is 469 g/mol. The third kappa shape index (κ3) is 7.43. The van der Waals surface area contributed by atoms with Crippen molar-refractivity contribution < 1.29 is 22.4 Å². The van der Waals surface area contributed by atoms with Crippen LogP contribution in [0, 0.1) is 12.7 Å². The highest BCUT2D eigenvalue weighted by Crippen LogP contribution is 2.25. The molecule has 0 saturated heterocycles. The van der Waals surface area contributed by atoms with Crippen LogP contribution in [0.25, 0.3) is 0 Å². The lowest BCUT2D eigenvalue weighted by Gasteiger charge is -2.32. The average molecular weight is 498 g/mol. The fourth-order valence-corrected chi connectivity index (χ4v) is 4.14. The molecule has 0 fully saturated rings. The molecule has 2 amide bonds. The van der Waals surface area contributed by atoms with Crippen molar-refractivity contribution in [2.24, 2.45) is 0 Å². The fourth-order valence-electron chi connectivity index (χ4n) is 3.12. The Kier molecular flexibility index (Phi) is 8.85. The third-order valence-corrected chi connectivity index (χ3v) is 6.53. The van der Waals surface area contributed by atoms with E-state index >= 15 is 0 Å². The summed E-state index contributed by atoms with van der Waals surface area (Å²) in [5.41, 5.74) is 1.60. The van der Waals surface area contributed by atoms with Crippen LogP contribution in [0.4, 0.5) is 10.1 Å². The smallest absolute Gasteiger partial charge is 0.244 e. The van der Waals surface area contributed by atoms with Crippen LogP contribution < -0.4 is 9.62 Å². The van der Waals surface area contributed by atoms with E-state index in [-0.39, 0.29) is 24.2 Å². The fraction of sp³-hybridized carbons (Fsp3) is 0.391. The van der Waals surface area contributed by atoms with E-state index in [2.05, 4.69) is 5.32 Å². The van der Waals surface area contributed by atoms with E-state index in [0.29, 0.717) is 10.6 Å². The van der Waals surface area contributed by atoms with Gasteiger partial charge in [0.05, 0.1) is 11.9 Å². The number of amides is 2. The number of rotatable bonds is 9. The number of halogens is 2. The highest BCUT2D eigenvalue weighted by atomic mass is 35.5.